The number of nitrogens with zero attached hydrogens (tertiary/aromatic N) is 1. The number of oxime groups is 1. The Morgan fingerprint density at radius 2 is 1.56 bits per heavy atom. The number of hydrogen-bond donors (Lipinski definition) is 3. The van der Waals surface area contributed by atoms with E-state index in [1.165, 1.54) is 0 Å². The molecule has 2 rings (SSSR count). The van der Waals surface area contributed by atoms with E-state index in [0.717, 1.165) is 12.0 Å². The number of amides is 1. The van der Waals surface area contributed by atoms with E-state index in [-0.39, 0.29) is 24.5 Å². The molecule has 0 aliphatic rings. The number of carbonyl (C=O) groups excluding carboxylic acids is 1. The highest BCUT2D eigenvalue weighted by atomic mass is 16.4. The molecule has 0 bridgehead atoms. The van der Waals surface area contributed by atoms with Crippen molar-refractivity contribution in [2.24, 2.45) is 5.16 Å². The maximum Gasteiger partial charge on any atom is 0.303 e. The van der Waals surface area contributed by atoms with E-state index in [4.69, 9.17) is 10.3 Å². The van der Waals surface area contributed by atoms with Crippen molar-refractivity contribution in [1.29, 1.82) is 0 Å². The van der Waals surface area contributed by atoms with Gasteiger partial charge in [0.05, 0.1) is 12.1 Å². The molecular formula is C19H20N2O4. The summed E-state index contributed by atoms with van der Waals surface area (Å²) in [6.07, 6.45) is 0.924. The van der Waals surface area contributed by atoms with Crippen molar-refractivity contribution in [2.45, 2.75) is 26.2 Å². The van der Waals surface area contributed by atoms with Gasteiger partial charge in [0.1, 0.15) is 0 Å². The molecule has 0 atom stereocenters. The third-order valence-corrected chi connectivity index (χ3v) is 3.80. The van der Waals surface area contributed by atoms with Crippen LogP contribution in [0, 0.1) is 0 Å². The molecule has 0 aliphatic carbocycles. The number of nitrogens with one attached hydrogen (secondary N) is 1. The van der Waals surface area contributed by atoms with E-state index in [2.05, 4.69) is 17.4 Å². The molecule has 25 heavy (non-hydrogen) atoms. The van der Waals surface area contributed by atoms with Crippen molar-refractivity contribution in [1.82, 2.24) is 0 Å². The van der Waals surface area contributed by atoms with E-state index in [0.29, 0.717) is 16.8 Å². The lowest BCUT2D eigenvalue weighted by molar-refractivity contribution is -0.136. The standard InChI is InChI=1S/C19H20N2O4/c1-2-13-3-5-15(6-4-13)19(24)20-16-9-7-14(8-10-16)17(21-25)11-12-18(22)23/h3-10,25H,2,11-12H2,1H3,(H,20,24)(H,22,23). The third kappa shape index (κ3) is 5.17. The van der Waals surface area contributed by atoms with E-state index in [9.17, 15) is 9.59 Å². The number of hydrogen-bond acceptors (Lipinski definition) is 4. The van der Waals surface area contributed by atoms with Gasteiger partial charge in [-0.05, 0) is 41.8 Å². The first-order chi connectivity index (χ1) is 12.0. The molecule has 0 spiro atoms. The van der Waals surface area contributed by atoms with Gasteiger partial charge in [0, 0.05) is 17.7 Å². The summed E-state index contributed by atoms with van der Waals surface area (Å²) in [5.41, 5.74) is 3.23. The molecule has 0 heterocycles. The molecule has 3 N–H and O–H groups in total. The predicted octanol–water partition coefficient (Wildman–Crippen LogP) is 3.54. The van der Waals surface area contributed by atoms with Gasteiger partial charge in [0.2, 0.25) is 0 Å². The summed E-state index contributed by atoms with van der Waals surface area (Å²) in [7, 11) is 0. The lowest BCUT2D eigenvalue weighted by Gasteiger charge is -2.08. The Morgan fingerprint density at radius 1 is 0.960 bits per heavy atom. The quantitative estimate of drug-likeness (QED) is 0.408. The molecule has 0 aliphatic heterocycles. The van der Waals surface area contributed by atoms with Crippen molar-refractivity contribution in [2.75, 3.05) is 5.32 Å². The monoisotopic (exact) mass is 340 g/mol. The lowest BCUT2D eigenvalue weighted by atomic mass is 10.1. The van der Waals surface area contributed by atoms with Crippen LogP contribution in [0.2, 0.25) is 0 Å². The summed E-state index contributed by atoms with van der Waals surface area (Å²) in [6, 6.07) is 14.1. The Morgan fingerprint density at radius 3 is 2.08 bits per heavy atom. The number of benzene rings is 2. The summed E-state index contributed by atoms with van der Waals surface area (Å²) >= 11 is 0. The van der Waals surface area contributed by atoms with Gasteiger partial charge in [0.15, 0.2) is 0 Å². The minimum atomic E-state index is -0.959. The smallest absolute Gasteiger partial charge is 0.303 e. The van der Waals surface area contributed by atoms with Crippen LogP contribution in [0.4, 0.5) is 5.69 Å². The number of aliphatic carboxylic acids is 1. The Bertz CT molecular complexity index is 765. The fourth-order valence-electron chi connectivity index (χ4n) is 2.32. The van der Waals surface area contributed by atoms with Crippen molar-refractivity contribution in [3.63, 3.8) is 0 Å². The van der Waals surface area contributed by atoms with Crippen LogP contribution >= 0.6 is 0 Å². The van der Waals surface area contributed by atoms with Crippen molar-refractivity contribution < 1.29 is 19.9 Å². The summed E-state index contributed by atoms with van der Waals surface area (Å²) in [5.74, 6) is -1.17. The van der Waals surface area contributed by atoms with E-state index in [1.54, 1.807) is 36.4 Å². The first kappa shape index (κ1) is 18.2. The first-order valence-electron chi connectivity index (χ1n) is 7.97. The van der Waals surface area contributed by atoms with E-state index < -0.39 is 5.97 Å². The molecule has 2 aromatic carbocycles. The molecule has 0 aromatic heterocycles. The number of rotatable bonds is 7. The molecule has 0 fully saturated rings. The van der Waals surface area contributed by atoms with Gasteiger partial charge in [-0.3, -0.25) is 9.59 Å². The molecule has 0 unspecified atom stereocenters. The molecule has 2 aromatic rings. The first-order valence-corrected chi connectivity index (χ1v) is 7.97. The minimum absolute atomic E-state index is 0.119. The molecule has 0 radical (unpaired) electrons. The zero-order valence-electron chi connectivity index (χ0n) is 13.9. The fourth-order valence-corrected chi connectivity index (χ4v) is 2.32. The zero-order valence-corrected chi connectivity index (χ0v) is 13.9. The van der Waals surface area contributed by atoms with Crippen LogP contribution in [0.15, 0.2) is 53.7 Å². The third-order valence-electron chi connectivity index (χ3n) is 3.80. The normalized spacial score (nSPS) is 11.2. The molecule has 6 nitrogen and oxygen atoms in total. The van der Waals surface area contributed by atoms with Gasteiger partial charge in [-0.2, -0.15) is 0 Å². The van der Waals surface area contributed by atoms with Crippen molar-refractivity contribution in [3.8, 4) is 0 Å². The maximum absolute atomic E-state index is 12.2. The number of carbonyl (C=O) groups is 2. The predicted molar refractivity (Wildman–Crippen MR) is 95.4 cm³/mol. The molecule has 1 amide bonds. The van der Waals surface area contributed by atoms with Crippen LogP contribution in [0.5, 0.6) is 0 Å². The second-order valence-corrected chi connectivity index (χ2v) is 5.52. The summed E-state index contributed by atoms with van der Waals surface area (Å²) in [6.45, 7) is 2.05. The summed E-state index contributed by atoms with van der Waals surface area (Å²) in [4.78, 5) is 22.8. The van der Waals surface area contributed by atoms with E-state index >= 15 is 0 Å². The highest BCUT2D eigenvalue weighted by Crippen LogP contribution is 2.14. The maximum atomic E-state index is 12.2. The van der Waals surface area contributed by atoms with E-state index in [1.807, 2.05) is 12.1 Å². The van der Waals surface area contributed by atoms with Gasteiger partial charge >= 0.3 is 5.97 Å². The van der Waals surface area contributed by atoms with Crippen LogP contribution in [0.3, 0.4) is 0 Å². The van der Waals surface area contributed by atoms with Crippen LogP contribution in [0.1, 0.15) is 41.3 Å². The average Bonchev–Trinajstić information content (AvgIpc) is 2.63. The van der Waals surface area contributed by atoms with Crippen LogP contribution < -0.4 is 5.32 Å². The lowest BCUT2D eigenvalue weighted by Crippen LogP contribution is -2.12. The van der Waals surface area contributed by atoms with Gasteiger partial charge in [-0.1, -0.05) is 36.3 Å². The second-order valence-electron chi connectivity index (χ2n) is 5.52. The molecule has 6 heteroatoms. The van der Waals surface area contributed by atoms with Crippen LogP contribution in [-0.4, -0.2) is 27.9 Å². The van der Waals surface area contributed by atoms with Crippen LogP contribution in [0.25, 0.3) is 0 Å². The van der Waals surface area contributed by atoms with Gasteiger partial charge < -0.3 is 15.6 Å². The Hall–Kier alpha value is -3.15. The number of carboxylic acids is 1. The van der Waals surface area contributed by atoms with Gasteiger partial charge in [-0.25, -0.2) is 0 Å². The average molecular weight is 340 g/mol. The van der Waals surface area contributed by atoms with Gasteiger partial charge in [0.25, 0.3) is 5.91 Å². The molecule has 0 saturated carbocycles. The largest absolute Gasteiger partial charge is 0.481 e. The molecular weight excluding hydrogens is 320 g/mol. The minimum Gasteiger partial charge on any atom is -0.481 e. The topological polar surface area (TPSA) is 99.0 Å². The summed E-state index contributed by atoms with van der Waals surface area (Å²) in [5, 5.41) is 23.7. The fraction of sp³-hybridized carbons (Fsp3) is 0.211. The number of anilines is 1. The number of aryl methyl sites for hydroxylation is 1. The Balaban J connectivity index is 2.03. The SMILES string of the molecule is CCc1ccc(C(=O)Nc2ccc(C(CCC(=O)O)=NO)cc2)cc1. The van der Waals surface area contributed by atoms with Crippen LogP contribution in [-0.2, 0) is 11.2 Å². The Kier molecular flexibility index (Phi) is 6.28. The van der Waals surface area contributed by atoms with Crippen molar-refractivity contribution in [3.05, 3.63) is 65.2 Å². The molecule has 0 saturated heterocycles. The summed E-state index contributed by atoms with van der Waals surface area (Å²) < 4.78 is 0. The Labute approximate surface area is 145 Å². The highest BCUT2D eigenvalue weighted by molar-refractivity contribution is 6.05. The highest BCUT2D eigenvalue weighted by Gasteiger charge is 2.09. The van der Waals surface area contributed by atoms with Gasteiger partial charge in [-0.15, -0.1) is 0 Å². The van der Waals surface area contributed by atoms with Crippen molar-refractivity contribution >= 4 is 23.3 Å². The number of carboxylic acid groups (broad SMARTS) is 1. The second kappa shape index (κ2) is 8.63. The molecule has 130 valence electrons. The zero-order chi connectivity index (χ0) is 18.2.